The van der Waals surface area contributed by atoms with E-state index in [1.54, 1.807) is 30.3 Å². The summed E-state index contributed by atoms with van der Waals surface area (Å²) in [5.41, 5.74) is 6.93. The Balaban J connectivity index is 1.69. The molecule has 3 aromatic rings. The number of nitrogens with zero attached hydrogens (tertiary/aromatic N) is 1. The number of amides is 2. The predicted molar refractivity (Wildman–Crippen MR) is 98.4 cm³/mol. The minimum Gasteiger partial charge on any atom is -0.361 e. The smallest absolute Gasteiger partial charge is 0.279 e. The highest BCUT2D eigenvalue weighted by Crippen LogP contribution is 2.32. The van der Waals surface area contributed by atoms with Gasteiger partial charge in [-0.05, 0) is 54.0 Å². The molecule has 0 saturated carbocycles. The molecule has 0 bridgehead atoms. The third kappa shape index (κ3) is 3.64. The summed E-state index contributed by atoms with van der Waals surface area (Å²) in [6.07, 6.45) is 0. The average molecular weight is 420 g/mol. The van der Waals surface area contributed by atoms with E-state index < -0.39 is 5.91 Å². The van der Waals surface area contributed by atoms with Crippen LogP contribution in [0.25, 0.3) is 10.4 Å². The van der Waals surface area contributed by atoms with E-state index in [9.17, 15) is 9.59 Å². The highest BCUT2D eigenvalue weighted by molar-refractivity contribution is 9.10. The Hall–Kier alpha value is -2.45. The van der Waals surface area contributed by atoms with Crippen molar-refractivity contribution in [2.75, 3.05) is 0 Å². The van der Waals surface area contributed by atoms with Crippen LogP contribution in [-0.2, 0) is 0 Å². The Morgan fingerprint density at radius 1 is 1.08 bits per heavy atom. The summed E-state index contributed by atoms with van der Waals surface area (Å²) in [6.45, 7) is 3.68. The van der Waals surface area contributed by atoms with Crippen molar-refractivity contribution < 1.29 is 14.1 Å². The van der Waals surface area contributed by atoms with Crippen LogP contribution in [0.4, 0.5) is 0 Å². The molecule has 0 radical (unpaired) electrons. The van der Waals surface area contributed by atoms with E-state index in [1.165, 1.54) is 11.3 Å². The lowest BCUT2D eigenvalue weighted by Gasteiger charge is -2.07. The molecule has 2 amide bonds. The minimum absolute atomic E-state index is 0.386. The standard InChI is InChI=1S/C17H14BrN3O3S/c1-9-15(10(2)24-21-9)13-7-8-14(25-13)17(23)20-19-16(22)11-5-3-4-6-12(11)18/h3-8H,1-2H3,(H,19,22)(H,20,23). The number of carbonyl (C=O) groups is 2. The van der Waals surface area contributed by atoms with Gasteiger partial charge in [0.25, 0.3) is 11.8 Å². The lowest BCUT2D eigenvalue weighted by atomic mass is 10.2. The molecule has 0 aliphatic heterocycles. The number of halogens is 1. The molecule has 1 aromatic carbocycles. The SMILES string of the molecule is Cc1noc(C)c1-c1ccc(C(=O)NNC(=O)c2ccccc2Br)s1. The molecule has 0 fully saturated rings. The fourth-order valence-electron chi connectivity index (χ4n) is 2.32. The van der Waals surface area contributed by atoms with Crippen LogP contribution in [0.2, 0.25) is 0 Å². The second kappa shape index (κ2) is 7.20. The molecule has 2 N–H and O–H groups in total. The number of carbonyl (C=O) groups excluding carboxylic acids is 2. The number of aryl methyl sites for hydroxylation is 2. The van der Waals surface area contributed by atoms with Crippen LogP contribution in [0.1, 0.15) is 31.5 Å². The van der Waals surface area contributed by atoms with Crippen molar-refractivity contribution >= 4 is 39.1 Å². The van der Waals surface area contributed by atoms with E-state index in [0.717, 1.165) is 16.1 Å². The van der Waals surface area contributed by atoms with Gasteiger partial charge < -0.3 is 4.52 Å². The molecule has 25 heavy (non-hydrogen) atoms. The summed E-state index contributed by atoms with van der Waals surface area (Å²) in [4.78, 5) is 25.7. The Morgan fingerprint density at radius 3 is 2.48 bits per heavy atom. The minimum atomic E-state index is -0.400. The Morgan fingerprint density at radius 2 is 1.80 bits per heavy atom. The first-order valence-corrected chi connectivity index (χ1v) is 8.96. The number of rotatable bonds is 3. The fourth-order valence-corrected chi connectivity index (χ4v) is 3.83. The second-order valence-corrected chi connectivity index (χ2v) is 7.19. The van der Waals surface area contributed by atoms with E-state index in [4.69, 9.17) is 4.52 Å². The average Bonchev–Trinajstić information content (AvgIpc) is 3.19. The lowest BCUT2D eigenvalue weighted by molar-refractivity contribution is 0.0848. The molecule has 8 heteroatoms. The van der Waals surface area contributed by atoms with Crippen molar-refractivity contribution in [3.05, 3.63) is 62.8 Å². The van der Waals surface area contributed by atoms with Crippen LogP contribution in [0.3, 0.4) is 0 Å². The number of aromatic nitrogens is 1. The van der Waals surface area contributed by atoms with Gasteiger partial charge >= 0.3 is 0 Å². The van der Waals surface area contributed by atoms with Crippen LogP contribution in [0.15, 0.2) is 45.4 Å². The monoisotopic (exact) mass is 419 g/mol. The molecule has 0 aliphatic carbocycles. The lowest BCUT2D eigenvalue weighted by Crippen LogP contribution is -2.41. The van der Waals surface area contributed by atoms with Crippen molar-refractivity contribution in [3.8, 4) is 10.4 Å². The van der Waals surface area contributed by atoms with Gasteiger partial charge in [0.15, 0.2) is 0 Å². The molecule has 3 rings (SSSR count). The summed E-state index contributed by atoms with van der Waals surface area (Å²) in [5.74, 6) is -0.0831. The van der Waals surface area contributed by atoms with Crippen LogP contribution < -0.4 is 10.9 Å². The zero-order chi connectivity index (χ0) is 18.0. The van der Waals surface area contributed by atoms with Crippen molar-refractivity contribution in [3.63, 3.8) is 0 Å². The molecular weight excluding hydrogens is 406 g/mol. The maximum absolute atomic E-state index is 12.3. The Kier molecular flexibility index (Phi) is 5.00. The number of nitrogens with one attached hydrogen (secondary N) is 2. The molecule has 0 atom stereocenters. The number of benzene rings is 1. The van der Waals surface area contributed by atoms with E-state index in [-0.39, 0.29) is 5.91 Å². The summed E-state index contributed by atoms with van der Waals surface area (Å²) >= 11 is 4.61. The number of thiophene rings is 1. The molecule has 6 nitrogen and oxygen atoms in total. The quantitative estimate of drug-likeness (QED) is 0.631. The highest BCUT2D eigenvalue weighted by Gasteiger charge is 2.17. The summed E-state index contributed by atoms with van der Waals surface area (Å²) in [6, 6.07) is 10.5. The predicted octanol–water partition coefficient (Wildman–Crippen LogP) is 3.86. The Labute approximate surface area is 156 Å². The van der Waals surface area contributed by atoms with E-state index in [0.29, 0.717) is 20.7 Å². The number of hydrogen-bond acceptors (Lipinski definition) is 5. The van der Waals surface area contributed by atoms with Gasteiger partial charge in [0.2, 0.25) is 0 Å². The molecule has 2 heterocycles. The van der Waals surface area contributed by atoms with Gasteiger partial charge in [-0.25, -0.2) is 0 Å². The molecular formula is C17H14BrN3O3S. The van der Waals surface area contributed by atoms with Gasteiger partial charge in [-0.1, -0.05) is 17.3 Å². The van der Waals surface area contributed by atoms with E-state index in [2.05, 4.69) is 31.9 Å². The fraction of sp³-hybridized carbons (Fsp3) is 0.118. The molecule has 2 aromatic heterocycles. The Bertz CT molecular complexity index is 929. The maximum Gasteiger partial charge on any atom is 0.279 e. The van der Waals surface area contributed by atoms with Gasteiger partial charge in [-0.15, -0.1) is 11.3 Å². The van der Waals surface area contributed by atoms with Gasteiger partial charge in [0, 0.05) is 9.35 Å². The van der Waals surface area contributed by atoms with Crippen LogP contribution in [0, 0.1) is 13.8 Å². The number of hydrogen-bond donors (Lipinski definition) is 2. The summed E-state index contributed by atoms with van der Waals surface area (Å²) in [5, 5.41) is 3.92. The normalized spacial score (nSPS) is 10.5. The summed E-state index contributed by atoms with van der Waals surface area (Å²) in [7, 11) is 0. The van der Waals surface area contributed by atoms with E-state index in [1.807, 2.05) is 19.9 Å². The zero-order valence-corrected chi connectivity index (χ0v) is 15.8. The topological polar surface area (TPSA) is 84.2 Å². The van der Waals surface area contributed by atoms with Crippen molar-refractivity contribution in [2.45, 2.75) is 13.8 Å². The van der Waals surface area contributed by atoms with Gasteiger partial charge in [-0.2, -0.15) is 0 Å². The highest BCUT2D eigenvalue weighted by atomic mass is 79.9. The third-order valence-electron chi connectivity index (χ3n) is 3.52. The maximum atomic E-state index is 12.3. The molecule has 0 unspecified atom stereocenters. The van der Waals surface area contributed by atoms with Crippen LogP contribution in [-0.4, -0.2) is 17.0 Å². The first kappa shape index (κ1) is 17.4. The molecule has 128 valence electrons. The first-order chi connectivity index (χ1) is 12.0. The van der Waals surface area contributed by atoms with E-state index >= 15 is 0 Å². The van der Waals surface area contributed by atoms with Gasteiger partial charge in [0.05, 0.1) is 21.7 Å². The molecule has 0 saturated heterocycles. The van der Waals surface area contributed by atoms with Crippen molar-refractivity contribution in [1.82, 2.24) is 16.0 Å². The van der Waals surface area contributed by atoms with Crippen molar-refractivity contribution in [1.29, 1.82) is 0 Å². The van der Waals surface area contributed by atoms with Crippen LogP contribution in [0.5, 0.6) is 0 Å². The zero-order valence-electron chi connectivity index (χ0n) is 13.4. The van der Waals surface area contributed by atoms with Crippen LogP contribution >= 0.6 is 27.3 Å². The van der Waals surface area contributed by atoms with Gasteiger partial charge in [0.1, 0.15) is 5.76 Å². The summed E-state index contributed by atoms with van der Waals surface area (Å²) < 4.78 is 5.80. The second-order valence-electron chi connectivity index (χ2n) is 5.25. The molecule has 0 aliphatic rings. The molecule has 0 spiro atoms. The first-order valence-electron chi connectivity index (χ1n) is 7.35. The largest absolute Gasteiger partial charge is 0.361 e. The van der Waals surface area contributed by atoms with Gasteiger partial charge in [-0.3, -0.25) is 20.4 Å². The third-order valence-corrected chi connectivity index (χ3v) is 5.31. The number of hydrazine groups is 1. The van der Waals surface area contributed by atoms with Crippen molar-refractivity contribution in [2.24, 2.45) is 0 Å².